The minimum Gasteiger partial charge on any atom is -0.545 e. The van der Waals surface area contributed by atoms with Gasteiger partial charge in [-0.1, -0.05) is 0 Å². The van der Waals surface area contributed by atoms with Crippen molar-refractivity contribution in [1.82, 2.24) is 0 Å². The van der Waals surface area contributed by atoms with Crippen molar-refractivity contribution in [3.63, 3.8) is 0 Å². The zero-order valence-electron chi connectivity index (χ0n) is 17.5. The highest BCUT2D eigenvalue weighted by molar-refractivity contribution is 5.89. The first-order valence-electron chi connectivity index (χ1n) is 9.68. The molecule has 0 bridgehead atoms. The van der Waals surface area contributed by atoms with Crippen molar-refractivity contribution < 1.29 is 52.6 Å². The van der Waals surface area contributed by atoms with Crippen LogP contribution in [0.3, 0.4) is 0 Å². The van der Waals surface area contributed by atoms with Gasteiger partial charge in [0.1, 0.15) is 6.61 Å². The van der Waals surface area contributed by atoms with Gasteiger partial charge >= 0.3 is 5.97 Å². The minimum atomic E-state index is -1.46. The third kappa shape index (κ3) is 24.4. The van der Waals surface area contributed by atoms with Gasteiger partial charge in [0.05, 0.1) is 91.9 Å². The Morgan fingerprint density at radius 3 is 1.23 bits per heavy atom. The maximum absolute atomic E-state index is 11.0. The van der Waals surface area contributed by atoms with E-state index in [9.17, 15) is 14.7 Å². The number of carboxylic acid groups (broad SMARTS) is 1. The number of rotatable bonds is 23. The van der Waals surface area contributed by atoms with Gasteiger partial charge in [0, 0.05) is 13.2 Å². The summed E-state index contributed by atoms with van der Waals surface area (Å²) in [4.78, 5) is 21.1. The standard InChI is InChI=1S/C19H34O11/c1-23-4-5-24-6-7-25-8-9-26-10-11-27-12-13-28-14-15-29-16-17-30-19(22)3-2-18(20)21/h2-3H,4-17H2,1H3,(H,20,21)/p-1/b3-2-. The smallest absolute Gasteiger partial charge is 0.330 e. The number of hydrogen-bond acceptors (Lipinski definition) is 11. The molecule has 0 aliphatic rings. The first-order chi connectivity index (χ1) is 14.7. The predicted octanol–water partition coefficient (Wildman–Crippen LogP) is -1.42. The van der Waals surface area contributed by atoms with Gasteiger partial charge in [-0.05, 0) is 6.08 Å². The summed E-state index contributed by atoms with van der Waals surface area (Å²) in [7, 11) is 1.63. The van der Waals surface area contributed by atoms with E-state index in [0.29, 0.717) is 85.4 Å². The molecule has 0 rings (SSSR count). The van der Waals surface area contributed by atoms with Crippen LogP contribution in [0.1, 0.15) is 0 Å². The molecule has 11 nitrogen and oxygen atoms in total. The summed E-state index contributed by atoms with van der Waals surface area (Å²) in [6.45, 7) is 5.96. The SMILES string of the molecule is COCCOCCOCCOCCOCCOCCOCCOC(=O)/C=C\C(=O)[O-]. The van der Waals surface area contributed by atoms with E-state index in [4.69, 9.17) is 37.9 Å². The molecule has 0 N–H and O–H groups in total. The third-order valence-electron chi connectivity index (χ3n) is 3.12. The molecule has 0 aliphatic heterocycles. The van der Waals surface area contributed by atoms with Crippen molar-refractivity contribution in [2.24, 2.45) is 0 Å². The summed E-state index contributed by atoms with van der Waals surface area (Å²) in [6.07, 6.45) is 1.38. The van der Waals surface area contributed by atoms with Crippen LogP contribution >= 0.6 is 0 Å². The van der Waals surface area contributed by atoms with E-state index >= 15 is 0 Å². The van der Waals surface area contributed by atoms with Gasteiger partial charge in [-0.2, -0.15) is 0 Å². The highest BCUT2D eigenvalue weighted by atomic mass is 16.6. The lowest BCUT2D eigenvalue weighted by Crippen LogP contribution is -2.19. The van der Waals surface area contributed by atoms with Crippen molar-refractivity contribution in [1.29, 1.82) is 0 Å². The molecule has 0 aliphatic carbocycles. The van der Waals surface area contributed by atoms with Crippen LogP contribution in [0, 0.1) is 0 Å². The van der Waals surface area contributed by atoms with Crippen LogP contribution in [-0.4, -0.2) is 112 Å². The highest BCUT2D eigenvalue weighted by Crippen LogP contribution is 1.86. The molecule has 0 fully saturated rings. The second-order valence-corrected chi connectivity index (χ2v) is 5.49. The molecule has 0 saturated carbocycles. The molecule has 0 aromatic carbocycles. The summed E-state index contributed by atoms with van der Waals surface area (Å²) in [5, 5.41) is 10.1. The normalized spacial score (nSPS) is 11.2. The molecule has 0 saturated heterocycles. The van der Waals surface area contributed by atoms with Crippen LogP contribution in [0.4, 0.5) is 0 Å². The number of methoxy groups -OCH3 is 1. The van der Waals surface area contributed by atoms with E-state index < -0.39 is 11.9 Å². The van der Waals surface area contributed by atoms with Crippen LogP contribution in [0.25, 0.3) is 0 Å². The Labute approximate surface area is 177 Å². The molecule has 11 heteroatoms. The number of hydrogen-bond donors (Lipinski definition) is 0. The average Bonchev–Trinajstić information content (AvgIpc) is 2.73. The molecule has 0 amide bonds. The summed E-state index contributed by atoms with van der Waals surface area (Å²) in [5.74, 6) is -2.23. The summed E-state index contributed by atoms with van der Waals surface area (Å²) in [5.41, 5.74) is 0. The largest absolute Gasteiger partial charge is 0.545 e. The van der Waals surface area contributed by atoms with Gasteiger partial charge in [0.2, 0.25) is 0 Å². The Hall–Kier alpha value is -1.60. The van der Waals surface area contributed by atoms with Crippen LogP contribution in [0.5, 0.6) is 0 Å². The van der Waals surface area contributed by atoms with Gasteiger partial charge in [-0.25, -0.2) is 4.79 Å². The van der Waals surface area contributed by atoms with Crippen molar-refractivity contribution in [3.05, 3.63) is 12.2 Å². The van der Waals surface area contributed by atoms with Gasteiger partial charge < -0.3 is 47.8 Å². The first-order valence-corrected chi connectivity index (χ1v) is 9.68. The van der Waals surface area contributed by atoms with Gasteiger partial charge in [-0.15, -0.1) is 0 Å². The quantitative estimate of drug-likeness (QED) is 0.106. The van der Waals surface area contributed by atoms with Crippen LogP contribution in [0.15, 0.2) is 12.2 Å². The number of esters is 1. The van der Waals surface area contributed by atoms with Crippen molar-refractivity contribution in [3.8, 4) is 0 Å². The predicted molar refractivity (Wildman–Crippen MR) is 102 cm³/mol. The van der Waals surface area contributed by atoms with Gasteiger partial charge in [0.25, 0.3) is 0 Å². The molecule has 0 unspecified atom stereocenters. The molecule has 176 valence electrons. The fourth-order valence-corrected chi connectivity index (χ4v) is 1.73. The maximum atomic E-state index is 11.0. The highest BCUT2D eigenvalue weighted by Gasteiger charge is 1.97. The van der Waals surface area contributed by atoms with E-state index in [0.717, 1.165) is 6.08 Å². The third-order valence-corrected chi connectivity index (χ3v) is 3.12. The van der Waals surface area contributed by atoms with Crippen LogP contribution < -0.4 is 5.11 Å². The monoisotopic (exact) mass is 437 g/mol. The molecule has 30 heavy (non-hydrogen) atoms. The summed E-state index contributed by atoms with van der Waals surface area (Å²) < 4.78 is 41.4. The van der Waals surface area contributed by atoms with Crippen molar-refractivity contribution in [2.75, 3.05) is 99.6 Å². The molecule has 0 radical (unpaired) electrons. The fraction of sp³-hybridized carbons (Fsp3) is 0.789. The Morgan fingerprint density at radius 1 is 0.567 bits per heavy atom. The number of carbonyl (C=O) groups is 2. The molecule has 0 atom stereocenters. The Bertz CT molecular complexity index is 429. The molecular formula is C19H33O11-. The van der Waals surface area contributed by atoms with Crippen molar-refractivity contribution in [2.45, 2.75) is 0 Å². The lowest BCUT2D eigenvalue weighted by Gasteiger charge is -2.08. The zero-order valence-corrected chi connectivity index (χ0v) is 17.5. The fourth-order valence-electron chi connectivity index (χ4n) is 1.73. The molecular weight excluding hydrogens is 404 g/mol. The van der Waals surface area contributed by atoms with E-state index in [1.165, 1.54) is 0 Å². The Balaban J connectivity index is 3.11. The number of ether oxygens (including phenoxy) is 8. The Kier molecular flexibility index (Phi) is 22.4. The molecule has 0 aromatic heterocycles. The lowest BCUT2D eigenvalue weighted by molar-refractivity contribution is -0.297. The van der Waals surface area contributed by atoms with E-state index in [2.05, 4.69) is 0 Å². The van der Waals surface area contributed by atoms with E-state index in [1.807, 2.05) is 0 Å². The van der Waals surface area contributed by atoms with Crippen LogP contribution in [0.2, 0.25) is 0 Å². The Morgan fingerprint density at radius 2 is 0.900 bits per heavy atom. The lowest BCUT2D eigenvalue weighted by atomic mass is 10.5. The summed E-state index contributed by atoms with van der Waals surface area (Å²) >= 11 is 0. The van der Waals surface area contributed by atoms with E-state index in [-0.39, 0.29) is 13.2 Å². The van der Waals surface area contributed by atoms with E-state index in [1.54, 1.807) is 7.11 Å². The summed E-state index contributed by atoms with van der Waals surface area (Å²) in [6, 6.07) is 0. The van der Waals surface area contributed by atoms with Gasteiger partial charge in [-0.3, -0.25) is 0 Å². The van der Waals surface area contributed by atoms with Crippen LogP contribution in [-0.2, 0) is 47.5 Å². The number of carboxylic acids is 1. The second-order valence-electron chi connectivity index (χ2n) is 5.49. The van der Waals surface area contributed by atoms with Gasteiger partial charge in [0.15, 0.2) is 0 Å². The molecule has 0 spiro atoms. The average molecular weight is 437 g/mol. The van der Waals surface area contributed by atoms with Crippen molar-refractivity contribution >= 4 is 11.9 Å². The number of carbonyl (C=O) groups excluding carboxylic acids is 2. The molecule has 0 aromatic rings. The topological polar surface area (TPSA) is 131 Å². The second kappa shape index (κ2) is 23.7. The zero-order chi connectivity index (χ0) is 22.1. The maximum Gasteiger partial charge on any atom is 0.330 e. The number of aliphatic carboxylic acids is 1. The first kappa shape index (κ1) is 28.4. The molecule has 0 heterocycles. The minimum absolute atomic E-state index is 0.0204.